The second-order valence-corrected chi connectivity index (χ2v) is 3.68. The predicted octanol–water partition coefficient (Wildman–Crippen LogP) is 0.180. The van der Waals surface area contributed by atoms with Gasteiger partial charge in [-0.2, -0.15) is 0 Å². The smallest absolute Gasteiger partial charge is 0.332 e. The van der Waals surface area contributed by atoms with Gasteiger partial charge in [-0.05, 0) is 26.0 Å². The predicted molar refractivity (Wildman–Crippen MR) is 66.0 cm³/mol. The lowest BCUT2D eigenvalue weighted by atomic mass is 10.3. The van der Waals surface area contributed by atoms with Crippen LogP contribution in [-0.2, 0) is 13.1 Å². The van der Waals surface area contributed by atoms with Crippen LogP contribution in [0.15, 0.2) is 21.7 Å². The van der Waals surface area contributed by atoms with Gasteiger partial charge < -0.3 is 5.73 Å². The van der Waals surface area contributed by atoms with E-state index in [0.717, 1.165) is 0 Å². The standard InChI is InChI=1S/C11H14N4O2/c1-3-14-9-7(5-6-8(12)13-9)10(16)15(4-2)11(14)17/h5-6H,3-4H2,1-2H3,(H2,12,13). The minimum atomic E-state index is -0.342. The lowest BCUT2D eigenvalue weighted by Gasteiger charge is -2.10. The summed E-state index contributed by atoms with van der Waals surface area (Å²) < 4.78 is 2.65. The third-order valence-electron chi connectivity index (χ3n) is 2.72. The molecule has 0 aliphatic carbocycles. The summed E-state index contributed by atoms with van der Waals surface area (Å²) in [5, 5.41) is 0.419. The van der Waals surface area contributed by atoms with E-state index < -0.39 is 0 Å². The summed E-state index contributed by atoms with van der Waals surface area (Å²) >= 11 is 0. The summed E-state index contributed by atoms with van der Waals surface area (Å²) in [6.07, 6.45) is 0. The van der Waals surface area contributed by atoms with Crippen LogP contribution in [0.5, 0.6) is 0 Å². The monoisotopic (exact) mass is 234 g/mol. The van der Waals surface area contributed by atoms with Crippen molar-refractivity contribution in [2.45, 2.75) is 26.9 Å². The molecule has 2 aromatic heterocycles. The maximum atomic E-state index is 12.0. The van der Waals surface area contributed by atoms with Crippen molar-refractivity contribution in [3.8, 4) is 0 Å². The molecule has 0 bridgehead atoms. The van der Waals surface area contributed by atoms with Crippen LogP contribution in [0, 0.1) is 0 Å². The molecule has 6 nitrogen and oxygen atoms in total. The van der Waals surface area contributed by atoms with Crippen molar-refractivity contribution in [3.05, 3.63) is 33.0 Å². The average Bonchev–Trinajstić information content (AvgIpc) is 2.30. The van der Waals surface area contributed by atoms with Gasteiger partial charge in [0.1, 0.15) is 5.82 Å². The average molecular weight is 234 g/mol. The first-order valence-corrected chi connectivity index (χ1v) is 5.50. The highest BCUT2D eigenvalue weighted by Crippen LogP contribution is 2.07. The highest BCUT2D eigenvalue weighted by Gasteiger charge is 2.11. The van der Waals surface area contributed by atoms with Crippen LogP contribution in [-0.4, -0.2) is 14.1 Å². The number of anilines is 1. The van der Waals surface area contributed by atoms with Gasteiger partial charge in [0.25, 0.3) is 5.56 Å². The molecule has 0 saturated heterocycles. The molecular weight excluding hydrogens is 220 g/mol. The van der Waals surface area contributed by atoms with E-state index in [-0.39, 0.29) is 11.2 Å². The second-order valence-electron chi connectivity index (χ2n) is 3.68. The summed E-state index contributed by atoms with van der Waals surface area (Å²) in [5.41, 5.74) is 5.28. The second kappa shape index (κ2) is 4.04. The fourth-order valence-corrected chi connectivity index (χ4v) is 1.87. The molecule has 0 aliphatic heterocycles. The lowest BCUT2D eigenvalue weighted by molar-refractivity contribution is 0.605. The normalized spacial score (nSPS) is 10.9. The Labute approximate surface area is 97.3 Å². The molecule has 0 atom stereocenters. The van der Waals surface area contributed by atoms with Crippen LogP contribution < -0.4 is 17.0 Å². The molecule has 2 N–H and O–H groups in total. The molecule has 6 heteroatoms. The highest BCUT2D eigenvalue weighted by atomic mass is 16.2. The number of pyridine rings is 1. The van der Waals surface area contributed by atoms with E-state index in [2.05, 4.69) is 4.98 Å². The number of hydrogen-bond donors (Lipinski definition) is 1. The Bertz CT molecular complexity index is 684. The van der Waals surface area contributed by atoms with Gasteiger partial charge >= 0.3 is 5.69 Å². The zero-order valence-corrected chi connectivity index (χ0v) is 9.80. The van der Waals surface area contributed by atoms with E-state index in [1.165, 1.54) is 9.13 Å². The van der Waals surface area contributed by atoms with Gasteiger partial charge in [-0.3, -0.25) is 13.9 Å². The molecule has 2 aromatic rings. The van der Waals surface area contributed by atoms with E-state index in [1.807, 2.05) is 6.92 Å². The third-order valence-corrected chi connectivity index (χ3v) is 2.72. The summed E-state index contributed by atoms with van der Waals surface area (Å²) in [4.78, 5) is 28.1. The Hall–Kier alpha value is -2.11. The number of nitrogens with two attached hydrogens (primary N) is 1. The van der Waals surface area contributed by atoms with Crippen LogP contribution in [0.25, 0.3) is 11.0 Å². The first-order valence-electron chi connectivity index (χ1n) is 5.50. The van der Waals surface area contributed by atoms with Gasteiger partial charge in [-0.1, -0.05) is 0 Å². The topological polar surface area (TPSA) is 82.9 Å². The van der Waals surface area contributed by atoms with Crippen LogP contribution in [0.3, 0.4) is 0 Å². The number of rotatable bonds is 2. The fourth-order valence-electron chi connectivity index (χ4n) is 1.87. The largest absolute Gasteiger partial charge is 0.384 e. The third kappa shape index (κ3) is 1.61. The Morgan fingerprint density at radius 2 is 1.82 bits per heavy atom. The van der Waals surface area contributed by atoms with Crippen molar-refractivity contribution < 1.29 is 0 Å². The molecule has 2 heterocycles. The molecular formula is C11H14N4O2. The molecule has 0 saturated carbocycles. The zero-order chi connectivity index (χ0) is 12.6. The summed E-state index contributed by atoms with van der Waals surface area (Å²) in [6.45, 7) is 4.39. The number of aromatic nitrogens is 3. The van der Waals surface area contributed by atoms with Crippen molar-refractivity contribution in [1.29, 1.82) is 0 Å². The van der Waals surface area contributed by atoms with E-state index >= 15 is 0 Å². The summed E-state index contributed by atoms with van der Waals surface area (Å²) in [7, 11) is 0. The molecule has 0 amide bonds. The maximum Gasteiger partial charge on any atom is 0.332 e. The number of fused-ring (bicyclic) bond motifs is 1. The minimum Gasteiger partial charge on any atom is -0.384 e. The lowest BCUT2D eigenvalue weighted by Crippen LogP contribution is -2.39. The van der Waals surface area contributed by atoms with E-state index in [4.69, 9.17) is 5.73 Å². The Morgan fingerprint density at radius 3 is 2.41 bits per heavy atom. The van der Waals surface area contributed by atoms with Crippen molar-refractivity contribution >= 4 is 16.9 Å². The maximum absolute atomic E-state index is 12.0. The highest BCUT2D eigenvalue weighted by molar-refractivity contribution is 5.75. The summed E-state index contributed by atoms with van der Waals surface area (Å²) in [6, 6.07) is 3.17. The number of nitrogens with zero attached hydrogens (tertiary/aromatic N) is 3. The molecule has 0 radical (unpaired) electrons. The van der Waals surface area contributed by atoms with E-state index in [0.29, 0.717) is 29.9 Å². The van der Waals surface area contributed by atoms with Crippen LogP contribution in [0.1, 0.15) is 13.8 Å². The quantitative estimate of drug-likeness (QED) is 0.803. The van der Waals surface area contributed by atoms with Crippen molar-refractivity contribution in [2.24, 2.45) is 0 Å². The number of nitrogen functional groups attached to an aromatic ring is 1. The van der Waals surface area contributed by atoms with Crippen molar-refractivity contribution in [1.82, 2.24) is 14.1 Å². The van der Waals surface area contributed by atoms with Crippen LogP contribution in [0.4, 0.5) is 5.82 Å². The number of aryl methyl sites for hydroxylation is 1. The molecule has 90 valence electrons. The fraction of sp³-hybridized carbons (Fsp3) is 0.364. The first kappa shape index (κ1) is 11.4. The molecule has 17 heavy (non-hydrogen) atoms. The Kier molecular flexibility index (Phi) is 2.71. The van der Waals surface area contributed by atoms with E-state index in [1.54, 1.807) is 19.1 Å². The van der Waals surface area contributed by atoms with Gasteiger partial charge in [-0.25, -0.2) is 9.78 Å². The van der Waals surface area contributed by atoms with Crippen LogP contribution >= 0.6 is 0 Å². The van der Waals surface area contributed by atoms with Gasteiger partial charge in [0, 0.05) is 13.1 Å². The van der Waals surface area contributed by atoms with Crippen molar-refractivity contribution in [3.63, 3.8) is 0 Å². The van der Waals surface area contributed by atoms with Gasteiger partial charge in [0.2, 0.25) is 0 Å². The van der Waals surface area contributed by atoms with Crippen LogP contribution in [0.2, 0.25) is 0 Å². The van der Waals surface area contributed by atoms with Gasteiger partial charge in [-0.15, -0.1) is 0 Å². The molecule has 2 rings (SSSR count). The van der Waals surface area contributed by atoms with Crippen molar-refractivity contribution in [2.75, 3.05) is 5.73 Å². The Balaban J connectivity index is 3.06. The molecule has 0 aliphatic rings. The SMILES string of the molecule is CCn1c(=O)c2ccc(N)nc2n(CC)c1=O. The molecule has 0 fully saturated rings. The molecule has 0 aromatic carbocycles. The zero-order valence-electron chi connectivity index (χ0n) is 9.80. The molecule has 0 spiro atoms. The minimum absolute atomic E-state index is 0.299. The van der Waals surface area contributed by atoms with Gasteiger partial charge in [0.15, 0.2) is 5.65 Å². The molecule has 0 unspecified atom stereocenters. The first-order chi connectivity index (χ1) is 8.10. The Morgan fingerprint density at radius 1 is 1.18 bits per heavy atom. The van der Waals surface area contributed by atoms with E-state index in [9.17, 15) is 9.59 Å². The number of hydrogen-bond acceptors (Lipinski definition) is 4. The summed E-state index contributed by atoms with van der Waals surface area (Å²) in [5.74, 6) is 0.299. The van der Waals surface area contributed by atoms with Gasteiger partial charge in [0.05, 0.1) is 5.39 Å².